The van der Waals surface area contributed by atoms with Crippen LogP contribution < -0.4 is 14.7 Å². The maximum absolute atomic E-state index is 5.19. The molecule has 0 spiro atoms. The van der Waals surface area contributed by atoms with Gasteiger partial charge in [-0.3, -0.25) is 0 Å². The van der Waals surface area contributed by atoms with E-state index < -0.39 is 5.41 Å². The van der Waals surface area contributed by atoms with Gasteiger partial charge >= 0.3 is 0 Å². The summed E-state index contributed by atoms with van der Waals surface area (Å²) in [4.78, 5) is 7.22. The predicted octanol–water partition coefficient (Wildman–Crippen LogP) is 20.3. The molecule has 10 aromatic carbocycles. The lowest BCUT2D eigenvalue weighted by atomic mass is 9.62. The summed E-state index contributed by atoms with van der Waals surface area (Å²) in [7, 11) is 0. The van der Waals surface area contributed by atoms with E-state index in [0.717, 1.165) is 67.9 Å². The molecule has 1 atom stereocenters. The van der Waals surface area contributed by atoms with Crippen LogP contribution in [0.5, 0.6) is 0 Å². The molecule has 0 aromatic heterocycles. The van der Waals surface area contributed by atoms with Crippen molar-refractivity contribution in [2.75, 3.05) is 14.7 Å². The predicted molar refractivity (Wildman–Crippen MR) is 328 cm³/mol. The molecule has 1 heterocycles. The third-order valence-corrected chi connectivity index (χ3v) is 15.3. The molecular weight excluding hydrogens is 931 g/mol. The normalized spacial score (nSPS) is 14.0. The van der Waals surface area contributed by atoms with Crippen LogP contribution in [0.4, 0.5) is 45.5 Å². The number of anilines is 8. The highest BCUT2D eigenvalue weighted by Gasteiger charge is 2.46. The number of allylic oxidation sites excluding steroid dienone is 4. The van der Waals surface area contributed by atoms with Gasteiger partial charge in [0.25, 0.3) is 0 Å². The number of aryl methyl sites for hydroxylation is 6. The number of rotatable bonds is 13. The van der Waals surface area contributed by atoms with Gasteiger partial charge in [-0.2, -0.15) is 0 Å². The zero-order valence-electron chi connectivity index (χ0n) is 45.3. The van der Waals surface area contributed by atoms with Crippen molar-refractivity contribution >= 4 is 45.5 Å². The Kier molecular flexibility index (Phi) is 13.8. The molecule has 0 aliphatic carbocycles. The molecule has 0 fully saturated rings. The summed E-state index contributed by atoms with van der Waals surface area (Å²) in [5.41, 5.74) is 25.5. The molecule has 0 bridgehead atoms. The summed E-state index contributed by atoms with van der Waals surface area (Å²) in [5.74, 6) is 0. The molecule has 77 heavy (non-hydrogen) atoms. The fraction of sp³-hybridized carbons (Fsp3) is 0.108. The molecule has 3 nitrogen and oxygen atoms in total. The van der Waals surface area contributed by atoms with Gasteiger partial charge in [-0.15, -0.1) is 0 Å². The van der Waals surface area contributed by atoms with Crippen LogP contribution in [0.15, 0.2) is 273 Å². The molecule has 0 N–H and O–H groups in total. The third-order valence-electron chi connectivity index (χ3n) is 15.3. The van der Waals surface area contributed by atoms with Gasteiger partial charge in [-0.05, 0) is 183 Å². The Morgan fingerprint density at radius 2 is 0.883 bits per heavy atom. The monoisotopic (exact) mass is 996 g/mol. The van der Waals surface area contributed by atoms with E-state index in [0.29, 0.717) is 0 Å². The van der Waals surface area contributed by atoms with E-state index in [1.54, 1.807) is 0 Å². The fourth-order valence-electron chi connectivity index (χ4n) is 11.5. The van der Waals surface area contributed by atoms with Crippen molar-refractivity contribution in [2.24, 2.45) is 0 Å². The van der Waals surface area contributed by atoms with Crippen molar-refractivity contribution in [1.29, 1.82) is 0 Å². The number of fused-ring (bicyclic) bond motifs is 2. The van der Waals surface area contributed by atoms with E-state index in [2.05, 4.69) is 318 Å². The molecule has 1 aliphatic rings. The average Bonchev–Trinajstić information content (AvgIpc) is 3.65. The van der Waals surface area contributed by atoms with Crippen LogP contribution in [0.2, 0.25) is 0 Å². The minimum Gasteiger partial charge on any atom is -0.311 e. The molecule has 3 heteroatoms. The fourth-order valence-corrected chi connectivity index (χ4v) is 11.5. The van der Waals surface area contributed by atoms with Crippen LogP contribution in [0.25, 0.3) is 22.3 Å². The highest BCUT2D eigenvalue weighted by atomic mass is 15.2. The lowest BCUT2D eigenvalue weighted by Gasteiger charge is -2.47. The van der Waals surface area contributed by atoms with E-state index in [1.807, 2.05) is 0 Å². The topological polar surface area (TPSA) is 9.72 Å². The first-order chi connectivity index (χ1) is 37.5. The lowest BCUT2D eigenvalue weighted by molar-refractivity contribution is 0.731. The first kappa shape index (κ1) is 50.0. The maximum atomic E-state index is 5.19. The van der Waals surface area contributed by atoms with Crippen LogP contribution >= 0.6 is 0 Å². The van der Waals surface area contributed by atoms with Crippen LogP contribution in [0.1, 0.15) is 57.0 Å². The van der Waals surface area contributed by atoms with E-state index in [4.69, 9.17) is 6.58 Å². The number of hydrogen-bond acceptors (Lipinski definition) is 3. The highest BCUT2D eigenvalue weighted by Crippen LogP contribution is 2.58. The van der Waals surface area contributed by atoms with Crippen molar-refractivity contribution in [3.8, 4) is 22.3 Å². The number of hydrogen-bond donors (Lipinski definition) is 0. The summed E-state index contributed by atoms with van der Waals surface area (Å²) in [6, 6.07) is 86.7. The standard InChI is InChI=1S/C74H65N3/c1-9-63(75(70-45-26-52(3)48-55(70)6)64-39-30-60(31-40-64)58-18-12-10-13-19-58)38-29-57(8)74(68-22-16-17-23-72(68)77(67-36-24-51(2)25-37-67)73-47-28-54(5)50-69(73)74)62-34-43-66(44-35-62)76(71-46-27-53(4)49-56(71)7)65-41-32-61(33-42-65)59-20-14-11-15-21-59/h9-50H,8H2,1-7H3/b38-29-,63-9+. The zero-order valence-corrected chi connectivity index (χ0v) is 45.3. The maximum Gasteiger partial charge on any atom is 0.0736 e. The Balaban J connectivity index is 1.09. The van der Waals surface area contributed by atoms with Gasteiger partial charge in [0, 0.05) is 39.8 Å². The molecular formula is C74H65N3. The Morgan fingerprint density at radius 1 is 0.416 bits per heavy atom. The number of nitrogens with zero attached hydrogens (tertiary/aromatic N) is 3. The van der Waals surface area contributed by atoms with Gasteiger partial charge in [-0.25, -0.2) is 0 Å². The lowest BCUT2D eigenvalue weighted by Crippen LogP contribution is -2.38. The zero-order chi connectivity index (χ0) is 53.2. The third kappa shape index (κ3) is 9.51. The number of benzene rings is 10. The molecule has 1 aliphatic heterocycles. The summed E-state index contributed by atoms with van der Waals surface area (Å²) in [6.07, 6.45) is 6.77. The average molecular weight is 996 g/mol. The SMILES string of the molecule is C=C(/C=C\C(=C/C)N(c1ccc(-c2ccccc2)cc1)c1ccc(C)cc1C)C1(c2ccc(N(c3ccc(-c4ccccc4)cc3)c3ccc(C)cc3C)cc2)c2ccccc2N(c2ccc(C)cc2)c2ccc(C)cc21. The van der Waals surface area contributed by atoms with E-state index >= 15 is 0 Å². The minimum absolute atomic E-state index is 0.823. The second kappa shape index (κ2) is 21.2. The summed E-state index contributed by atoms with van der Waals surface area (Å²) in [6.45, 7) is 20.4. The van der Waals surface area contributed by atoms with Crippen molar-refractivity contribution in [2.45, 2.75) is 53.9 Å². The van der Waals surface area contributed by atoms with Gasteiger partial charge < -0.3 is 14.7 Å². The Hall–Kier alpha value is -9.18. The van der Waals surface area contributed by atoms with Crippen LogP contribution in [-0.2, 0) is 5.41 Å². The second-order valence-corrected chi connectivity index (χ2v) is 20.7. The second-order valence-electron chi connectivity index (χ2n) is 20.7. The molecule has 11 rings (SSSR count). The van der Waals surface area contributed by atoms with Gasteiger partial charge in [0.2, 0.25) is 0 Å². The quantitative estimate of drug-likeness (QED) is 0.107. The Bertz CT molecular complexity index is 3810. The molecule has 0 saturated heterocycles. The van der Waals surface area contributed by atoms with Crippen LogP contribution in [0, 0.1) is 41.5 Å². The van der Waals surface area contributed by atoms with Crippen LogP contribution in [0.3, 0.4) is 0 Å². The first-order valence-corrected chi connectivity index (χ1v) is 26.8. The molecule has 10 aromatic rings. The first-order valence-electron chi connectivity index (χ1n) is 26.8. The summed E-state index contributed by atoms with van der Waals surface area (Å²) >= 11 is 0. The Labute approximate surface area is 456 Å². The Morgan fingerprint density at radius 3 is 1.45 bits per heavy atom. The summed E-state index contributed by atoms with van der Waals surface area (Å²) in [5, 5.41) is 0. The van der Waals surface area contributed by atoms with Gasteiger partial charge in [0.1, 0.15) is 0 Å². The number of para-hydroxylation sites is 1. The van der Waals surface area contributed by atoms with E-state index in [-0.39, 0.29) is 0 Å². The van der Waals surface area contributed by atoms with E-state index in [1.165, 1.54) is 61.2 Å². The molecule has 1 unspecified atom stereocenters. The highest BCUT2D eigenvalue weighted by molar-refractivity contribution is 5.90. The molecule has 0 amide bonds. The van der Waals surface area contributed by atoms with Gasteiger partial charge in [-0.1, -0.05) is 205 Å². The van der Waals surface area contributed by atoms with Crippen molar-refractivity contribution in [3.63, 3.8) is 0 Å². The molecule has 0 saturated carbocycles. The van der Waals surface area contributed by atoms with Crippen molar-refractivity contribution in [3.05, 3.63) is 323 Å². The summed E-state index contributed by atoms with van der Waals surface area (Å²) < 4.78 is 0. The van der Waals surface area contributed by atoms with E-state index in [9.17, 15) is 0 Å². The molecule has 0 radical (unpaired) electrons. The largest absolute Gasteiger partial charge is 0.311 e. The molecule has 376 valence electrons. The van der Waals surface area contributed by atoms with Gasteiger partial charge in [0.15, 0.2) is 0 Å². The van der Waals surface area contributed by atoms with Crippen LogP contribution in [-0.4, -0.2) is 0 Å². The van der Waals surface area contributed by atoms with Gasteiger partial charge in [0.05, 0.1) is 16.8 Å². The smallest absolute Gasteiger partial charge is 0.0736 e. The van der Waals surface area contributed by atoms with Crippen molar-refractivity contribution < 1.29 is 0 Å². The van der Waals surface area contributed by atoms with Crippen molar-refractivity contribution in [1.82, 2.24) is 0 Å². The minimum atomic E-state index is -0.823.